The quantitative estimate of drug-likeness (QED) is 0.592. The number of aliphatic carboxylic acids is 1. The summed E-state index contributed by atoms with van der Waals surface area (Å²) in [5.74, 6) is -0.515. The highest BCUT2D eigenvalue weighted by Crippen LogP contribution is 2.44. The van der Waals surface area contributed by atoms with E-state index in [2.05, 4.69) is 0 Å². The predicted molar refractivity (Wildman–Crippen MR) is 35.6 cm³/mol. The maximum Gasteiger partial charge on any atom is 0.309 e. The molecular formula is C7H12O3. The van der Waals surface area contributed by atoms with Crippen LogP contribution in [0.5, 0.6) is 0 Å². The van der Waals surface area contributed by atoms with Gasteiger partial charge in [0.15, 0.2) is 0 Å². The van der Waals surface area contributed by atoms with Crippen molar-refractivity contribution in [2.75, 3.05) is 6.61 Å². The minimum Gasteiger partial charge on any atom is -0.481 e. The Morgan fingerprint density at radius 3 is 2.50 bits per heavy atom. The lowest BCUT2D eigenvalue weighted by Crippen LogP contribution is -2.42. The van der Waals surface area contributed by atoms with Crippen LogP contribution in [0.25, 0.3) is 0 Å². The minimum atomic E-state index is -0.739. The van der Waals surface area contributed by atoms with Gasteiger partial charge in [0.25, 0.3) is 0 Å². The van der Waals surface area contributed by atoms with E-state index in [0.29, 0.717) is 12.8 Å². The molecule has 1 saturated carbocycles. The van der Waals surface area contributed by atoms with Crippen LogP contribution >= 0.6 is 0 Å². The molecule has 0 aromatic carbocycles. The highest BCUT2D eigenvalue weighted by atomic mass is 16.4. The van der Waals surface area contributed by atoms with Gasteiger partial charge in [0.2, 0.25) is 0 Å². The molecule has 10 heavy (non-hydrogen) atoms. The smallest absolute Gasteiger partial charge is 0.309 e. The molecule has 3 heteroatoms. The molecule has 0 radical (unpaired) electrons. The number of carboxylic acids is 1. The van der Waals surface area contributed by atoms with E-state index in [1.54, 1.807) is 6.92 Å². The van der Waals surface area contributed by atoms with Crippen molar-refractivity contribution in [1.29, 1.82) is 0 Å². The fraction of sp³-hybridized carbons (Fsp3) is 0.857. The van der Waals surface area contributed by atoms with Gasteiger partial charge in [-0.2, -0.15) is 0 Å². The van der Waals surface area contributed by atoms with Gasteiger partial charge < -0.3 is 10.2 Å². The normalized spacial score (nSPS) is 38.8. The van der Waals surface area contributed by atoms with Crippen molar-refractivity contribution in [3.8, 4) is 0 Å². The summed E-state index contributed by atoms with van der Waals surface area (Å²) in [6.07, 6.45) is 1.25. The van der Waals surface area contributed by atoms with E-state index >= 15 is 0 Å². The van der Waals surface area contributed by atoms with Crippen LogP contribution in [-0.2, 0) is 4.79 Å². The van der Waals surface area contributed by atoms with E-state index in [9.17, 15) is 4.79 Å². The van der Waals surface area contributed by atoms with E-state index in [0.717, 1.165) is 0 Å². The maximum atomic E-state index is 10.5. The summed E-state index contributed by atoms with van der Waals surface area (Å²) in [4.78, 5) is 10.5. The number of rotatable bonds is 2. The number of hydrogen-bond acceptors (Lipinski definition) is 2. The molecule has 3 nitrogen and oxygen atoms in total. The minimum absolute atomic E-state index is 0.128. The van der Waals surface area contributed by atoms with Crippen LogP contribution in [0.3, 0.4) is 0 Å². The first-order valence-electron chi connectivity index (χ1n) is 3.43. The number of hydrogen-bond donors (Lipinski definition) is 2. The number of carboxylic acid groups (broad SMARTS) is 1. The van der Waals surface area contributed by atoms with E-state index < -0.39 is 11.4 Å². The Hall–Kier alpha value is -0.570. The Labute approximate surface area is 59.7 Å². The lowest BCUT2D eigenvalue weighted by Gasteiger charge is -2.40. The molecule has 0 aromatic heterocycles. The second-order valence-corrected chi connectivity index (χ2v) is 3.32. The van der Waals surface area contributed by atoms with Crippen molar-refractivity contribution in [1.82, 2.24) is 0 Å². The van der Waals surface area contributed by atoms with Crippen molar-refractivity contribution in [3.63, 3.8) is 0 Å². The topological polar surface area (TPSA) is 57.5 Å². The molecule has 0 aromatic rings. The molecule has 0 heterocycles. The third kappa shape index (κ3) is 1.01. The van der Waals surface area contributed by atoms with Crippen LogP contribution in [0.4, 0.5) is 0 Å². The first-order valence-corrected chi connectivity index (χ1v) is 3.43. The summed E-state index contributed by atoms with van der Waals surface area (Å²) in [5.41, 5.74) is -0.548. The van der Waals surface area contributed by atoms with Crippen molar-refractivity contribution in [2.24, 2.45) is 11.3 Å². The van der Waals surface area contributed by atoms with Gasteiger partial charge in [-0.25, -0.2) is 0 Å². The second-order valence-electron chi connectivity index (χ2n) is 3.32. The molecule has 1 aliphatic rings. The zero-order valence-electron chi connectivity index (χ0n) is 6.00. The molecular weight excluding hydrogens is 132 g/mol. The van der Waals surface area contributed by atoms with Crippen molar-refractivity contribution in [3.05, 3.63) is 0 Å². The lowest BCUT2D eigenvalue weighted by molar-refractivity contribution is -0.157. The SMILES string of the molecule is CC1(C(=O)O)CC(CO)C1. The van der Waals surface area contributed by atoms with E-state index in [4.69, 9.17) is 10.2 Å². The molecule has 0 bridgehead atoms. The summed E-state index contributed by atoms with van der Waals surface area (Å²) in [5, 5.41) is 17.2. The molecule has 0 aliphatic heterocycles. The van der Waals surface area contributed by atoms with E-state index in [1.165, 1.54) is 0 Å². The Balaban J connectivity index is 2.42. The fourth-order valence-electron chi connectivity index (χ4n) is 1.52. The van der Waals surface area contributed by atoms with Crippen molar-refractivity contribution >= 4 is 5.97 Å². The van der Waals surface area contributed by atoms with Gasteiger partial charge in [0, 0.05) is 6.61 Å². The Kier molecular flexibility index (Phi) is 1.68. The van der Waals surface area contributed by atoms with Gasteiger partial charge in [0.1, 0.15) is 0 Å². The van der Waals surface area contributed by atoms with Crippen molar-refractivity contribution < 1.29 is 15.0 Å². The Morgan fingerprint density at radius 1 is 1.70 bits per heavy atom. The number of aliphatic hydroxyl groups is 1. The van der Waals surface area contributed by atoms with Crippen LogP contribution in [-0.4, -0.2) is 22.8 Å². The van der Waals surface area contributed by atoms with Crippen LogP contribution < -0.4 is 0 Å². The summed E-state index contributed by atoms with van der Waals surface area (Å²) in [6.45, 7) is 1.85. The zero-order chi connectivity index (χ0) is 7.78. The average molecular weight is 144 g/mol. The molecule has 0 unspecified atom stereocenters. The number of aliphatic hydroxyl groups excluding tert-OH is 1. The van der Waals surface area contributed by atoms with Crippen LogP contribution in [0.1, 0.15) is 19.8 Å². The van der Waals surface area contributed by atoms with Gasteiger partial charge in [-0.05, 0) is 25.7 Å². The van der Waals surface area contributed by atoms with Gasteiger partial charge in [-0.1, -0.05) is 0 Å². The monoisotopic (exact) mass is 144 g/mol. The zero-order valence-corrected chi connectivity index (χ0v) is 6.00. The maximum absolute atomic E-state index is 10.5. The highest BCUT2D eigenvalue weighted by Gasteiger charge is 2.45. The molecule has 0 atom stereocenters. The first kappa shape index (κ1) is 7.54. The summed E-state index contributed by atoms with van der Waals surface area (Å²) in [6, 6.07) is 0. The summed E-state index contributed by atoms with van der Waals surface area (Å²) in [7, 11) is 0. The standard InChI is InChI=1S/C7H12O3/c1-7(6(9)10)2-5(3-7)4-8/h5,8H,2-4H2,1H3,(H,9,10). The van der Waals surface area contributed by atoms with Gasteiger partial charge in [0.05, 0.1) is 5.41 Å². The summed E-state index contributed by atoms with van der Waals surface area (Å²) >= 11 is 0. The summed E-state index contributed by atoms with van der Waals surface area (Å²) < 4.78 is 0. The first-order chi connectivity index (χ1) is 4.58. The second kappa shape index (κ2) is 2.23. The molecule has 0 saturated heterocycles. The van der Waals surface area contributed by atoms with E-state index in [1.807, 2.05) is 0 Å². The van der Waals surface area contributed by atoms with Crippen LogP contribution in [0, 0.1) is 11.3 Å². The molecule has 2 N–H and O–H groups in total. The third-order valence-corrected chi connectivity index (χ3v) is 2.25. The Bertz CT molecular complexity index is 147. The average Bonchev–Trinajstić information content (AvgIpc) is 1.80. The third-order valence-electron chi connectivity index (χ3n) is 2.25. The van der Waals surface area contributed by atoms with Crippen molar-refractivity contribution in [2.45, 2.75) is 19.8 Å². The molecule has 1 aliphatic carbocycles. The number of carbonyl (C=O) groups is 1. The largest absolute Gasteiger partial charge is 0.481 e. The molecule has 0 amide bonds. The fourth-order valence-corrected chi connectivity index (χ4v) is 1.52. The highest BCUT2D eigenvalue weighted by molar-refractivity contribution is 5.75. The predicted octanol–water partition coefficient (Wildman–Crippen LogP) is 0.480. The Morgan fingerprint density at radius 2 is 2.20 bits per heavy atom. The van der Waals surface area contributed by atoms with Crippen LogP contribution in [0.15, 0.2) is 0 Å². The van der Waals surface area contributed by atoms with Gasteiger partial charge in [-0.15, -0.1) is 0 Å². The molecule has 1 rings (SSSR count). The van der Waals surface area contributed by atoms with Gasteiger partial charge in [-0.3, -0.25) is 4.79 Å². The van der Waals surface area contributed by atoms with Gasteiger partial charge >= 0.3 is 5.97 Å². The van der Waals surface area contributed by atoms with E-state index in [-0.39, 0.29) is 12.5 Å². The van der Waals surface area contributed by atoms with Crippen LogP contribution in [0.2, 0.25) is 0 Å². The molecule has 1 fully saturated rings. The molecule has 0 spiro atoms. The molecule has 58 valence electrons. The lowest BCUT2D eigenvalue weighted by atomic mass is 9.63.